The second kappa shape index (κ2) is 3.94. The van der Waals surface area contributed by atoms with Crippen molar-refractivity contribution in [3.05, 3.63) is 47.7 Å². The minimum atomic E-state index is -0.716. The molecular weight excluding hydrogens is 242 g/mol. The average Bonchev–Trinajstić information content (AvgIpc) is 2.39. The van der Waals surface area contributed by atoms with Gasteiger partial charge in [0.05, 0.1) is 0 Å². The van der Waals surface area contributed by atoms with Crippen LogP contribution in [0.5, 0.6) is 0 Å². The van der Waals surface area contributed by atoms with Crippen molar-refractivity contribution >= 4 is 17.7 Å². The van der Waals surface area contributed by atoms with Crippen LogP contribution in [0.15, 0.2) is 36.5 Å². The van der Waals surface area contributed by atoms with Crippen LogP contribution in [-0.2, 0) is 5.66 Å². The predicted octanol–water partition coefficient (Wildman–Crippen LogP) is 1.09. The maximum Gasteiger partial charge on any atom is 0.258 e. The van der Waals surface area contributed by atoms with Crippen LogP contribution in [0.1, 0.15) is 22.8 Å². The minimum absolute atomic E-state index is 0.136. The number of nitrogens with one attached hydrogen (secondary N) is 2. The van der Waals surface area contributed by atoms with Crippen LogP contribution in [0.4, 0.5) is 11.8 Å². The fraction of sp³-hybridized carbons (Fsp3) is 0.154. The molecule has 2 aromatic rings. The Morgan fingerprint density at radius 3 is 2.68 bits per heavy atom. The van der Waals surface area contributed by atoms with E-state index in [1.807, 2.05) is 37.3 Å². The van der Waals surface area contributed by atoms with Gasteiger partial charge in [0.1, 0.15) is 17.0 Å². The van der Waals surface area contributed by atoms with E-state index in [0.717, 1.165) is 5.56 Å². The highest BCUT2D eigenvalue weighted by atomic mass is 16.2. The smallest absolute Gasteiger partial charge is 0.258 e. The van der Waals surface area contributed by atoms with Crippen molar-refractivity contribution in [2.24, 2.45) is 0 Å². The van der Waals surface area contributed by atoms with Gasteiger partial charge < -0.3 is 16.4 Å². The molecule has 1 aromatic heterocycles. The summed E-state index contributed by atoms with van der Waals surface area (Å²) >= 11 is 0. The molecule has 1 atom stereocenters. The molecule has 1 amide bonds. The van der Waals surface area contributed by atoms with Crippen molar-refractivity contribution in [1.29, 1.82) is 0 Å². The number of hydrogen-bond acceptors (Lipinski definition) is 5. The van der Waals surface area contributed by atoms with Crippen LogP contribution >= 0.6 is 0 Å². The molecule has 0 saturated carbocycles. The lowest BCUT2D eigenvalue weighted by Crippen LogP contribution is -2.53. The lowest BCUT2D eigenvalue weighted by Gasteiger charge is -2.37. The first-order valence-corrected chi connectivity index (χ1v) is 5.87. The minimum Gasteiger partial charge on any atom is -0.368 e. The standard InChI is InChI=1S/C13H13N5O/c1-13(8-5-3-2-4-6-8)17-10-9(11(19)18-13)7-15-12(14)16-10/h2-7H,1H3,(H,18,19)(H3,14,15,16,17). The number of nitrogens with two attached hydrogens (primary N) is 1. The molecule has 0 bridgehead atoms. The Morgan fingerprint density at radius 2 is 1.95 bits per heavy atom. The van der Waals surface area contributed by atoms with E-state index >= 15 is 0 Å². The second-order valence-electron chi connectivity index (χ2n) is 4.56. The Labute approximate surface area is 110 Å². The van der Waals surface area contributed by atoms with E-state index in [4.69, 9.17) is 5.73 Å². The van der Waals surface area contributed by atoms with Crippen molar-refractivity contribution in [2.45, 2.75) is 12.6 Å². The Kier molecular flexibility index (Phi) is 2.38. The van der Waals surface area contributed by atoms with Gasteiger partial charge in [0.2, 0.25) is 5.95 Å². The summed E-state index contributed by atoms with van der Waals surface area (Å²) in [6, 6.07) is 9.62. The Bertz CT molecular complexity index is 643. The number of nitrogens with zero attached hydrogens (tertiary/aromatic N) is 2. The van der Waals surface area contributed by atoms with E-state index in [0.29, 0.717) is 11.4 Å². The zero-order valence-corrected chi connectivity index (χ0v) is 10.3. The number of anilines is 2. The first-order valence-electron chi connectivity index (χ1n) is 5.87. The Morgan fingerprint density at radius 1 is 1.21 bits per heavy atom. The molecule has 1 aliphatic heterocycles. The van der Waals surface area contributed by atoms with E-state index in [9.17, 15) is 4.79 Å². The SMILES string of the molecule is CC1(c2ccccc2)NC(=O)c2cnc(N)nc2N1. The zero-order chi connectivity index (χ0) is 13.5. The van der Waals surface area contributed by atoms with E-state index in [1.165, 1.54) is 6.20 Å². The number of hydrogen-bond donors (Lipinski definition) is 3. The maximum absolute atomic E-state index is 12.1. The average molecular weight is 255 g/mol. The summed E-state index contributed by atoms with van der Waals surface area (Å²) in [5.41, 5.74) is 6.17. The summed E-state index contributed by atoms with van der Waals surface area (Å²) < 4.78 is 0. The summed E-state index contributed by atoms with van der Waals surface area (Å²) in [4.78, 5) is 20.0. The van der Waals surface area contributed by atoms with Crippen LogP contribution in [0.25, 0.3) is 0 Å². The molecule has 2 heterocycles. The molecule has 1 unspecified atom stereocenters. The first kappa shape index (κ1) is 11.5. The molecule has 1 aliphatic rings. The fourth-order valence-corrected chi connectivity index (χ4v) is 2.14. The van der Waals surface area contributed by atoms with Crippen molar-refractivity contribution in [1.82, 2.24) is 15.3 Å². The highest BCUT2D eigenvalue weighted by Crippen LogP contribution is 2.29. The second-order valence-corrected chi connectivity index (χ2v) is 4.56. The third-order valence-corrected chi connectivity index (χ3v) is 3.14. The number of carbonyl (C=O) groups is 1. The third kappa shape index (κ3) is 1.87. The Balaban J connectivity index is 2.07. The van der Waals surface area contributed by atoms with Gasteiger partial charge >= 0.3 is 0 Å². The quantitative estimate of drug-likeness (QED) is 0.709. The normalized spacial score (nSPS) is 21.2. The molecule has 19 heavy (non-hydrogen) atoms. The van der Waals surface area contributed by atoms with E-state index in [1.54, 1.807) is 0 Å². The number of carbonyl (C=O) groups excluding carboxylic acids is 1. The Hall–Kier alpha value is -2.63. The number of rotatable bonds is 1. The molecule has 0 fully saturated rings. The van der Waals surface area contributed by atoms with Crippen LogP contribution < -0.4 is 16.4 Å². The van der Waals surface area contributed by atoms with Gasteiger partial charge in [-0.15, -0.1) is 0 Å². The largest absolute Gasteiger partial charge is 0.368 e. The van der Waals surface area contributed by atoms with Crippen molar-refractivity contribution in [3.8, 4) is 0 Å². The van der Waals surface area contributed by atoms with Crippen LogP contribution in [0, 0.1) is 0 Å². The summed E-state index contributed by atoms with van der Waals surface area (Å²) in [7, 11) is 0. The lowest BCUT2D eigenvalue weighted by atomic mass is 9.98. The molecule has 6 heteroatoms. The molecular formula is C13H13N5O. The maximum atomic E-state index is 12.1. The number of amides is 1. The first-order chi connectivity index (χ1) is 9.08. The van der Waals surface area contributed by atoms with Gasteiger partial charge in [-0.25, -0.2) is 4.98 Å². The highest BCUT2D eigenvalue weighted by molar-refractivity contribution is 6.01. The topological polar surface area (TPSA) is 92.9 Å². The molecule has 6 nitrogen and oxygen atoms in total. The van der Waals surface area contributed by atoms with Crippen LogP contribution in [-0.4, -0.2) is 15.9 Å². The van der Waals surface area contributed by atoms with E-state index in [2.05, 4.69) is 20.6 Å². The molecule has 0 aliphatic carbocycles. The summed E-state index contributed by atoms with van der Waals surface area (Å²) in [5, 5.41) is 6.11. The van der Waals surface area contributed by atoms with E-state index in [-0.39, 0.29) is 11.9 Å². The van der Waals surface area contributed by atoms with Crippen molar-refractivity contribution < 1.29 is 4.79 Å². The van der Waals surface area contributed by atoms with Gasteiger partial charge in [-0.05, 0) is 12.5 Å². The van der Waals surface area contributed by atoms with Gasteiger partial charge in [0.15, 0.2) is 0 Å². The van der Waals surface area contributed by atoms with Gasteiger partial charge in [0.25, 0.3) is 5.91 Å². The fourth-order valence-electron chi connectivity index (χ4n) is 2.14. The summed E-state index contributed by atoms with van der Waals surface area (Å²) in [6.45, 7) is 1.88. The monoisotopic (exact) mass is 255 g/mol. The molecule has 4 N–H and O–H groups in total. The summed E-state index contributed by atoms with van der Waals surface area (Å²) in [6.07, 6.45) is 1.42. The molecule has 1 aromatic carbocycles. The van der Waals surface area contributed by atoms with Crippen molar-refractivity contribution in [3.63, 3.8) is 0 Å². The highest BCUT2D eigenvalue weighted by Gasteiger charge is 2.35. The number of aromatic nitrogens is 2. The summed E-state index contributed by atoms with van der Waals surface area (Å²) in [5.74, 6) is 0.360. The third-order valence-electron chi connectivity index (χ3n) is 3.14. The zero-order valence-electron chi connectivity index (χ0n) is 10.3. The van der Waals surface area contributed by atoms with Gasteiger partial charge in [0, 0.05) is 6.20 Å². The van der Waals surface area contributed by atoms with Gasteiger partial charge in [-0.2, -0.15) is 4.98 Å². The molecule has 96 valence electrons. The predicted molar refractivity (Wildman–Crippen MR) is 71.3 cm³/mol. The van der Waals surface area contributed by atoms with Crippen LogP contribution in [0.2, 0.25) is 0 Å². The van der Waals surface area contributed by atoms with Crippen molar-refractivity contribution in [2.75, 3.05) is 11.1 Å². The molecule has 0 radical (unpaired) electrons. The molecule has 0 spiro atoms. The number of nitrogen functional groups attached to an aromatic ring is 1. The molecule has 0 saturated heterocycles. The van der Waals surface area contributed by atoms with Gasteiger partial charge in [-0.1, -0.05) is 30.3 Å². The molecule has 3 rings (SSSR count). The number of fused-ring (bicyclic) bond motifs is 1. The lowest BCUT2D eigenvalue weighted by molar-refractivity contribution is 0.0905. The van der Waals surface area contributed by atoms with Crippen LogP contribution in [0.3, 0.4) is 0 Å². The van der Waals surface area contributed by atoms with E-state index < -0.39 is 5.66 Å². The van der Waals surface area contributed by atoms with Gasteiger partial charge in [-0.3, -0.25) is 4.79 Å². The number of benzene rings is 1.